The lowest BCUT2D eigenvalue weighted by atomic mass is 10.2. The molecule has 0 aliphatic heterocycles. The molecule has 0 heterocycles. The van der Waals surface area contributed by atoms with Gasteiger partial charge in [0.2, 0.25) is 0 Å². The molecule has 2 rings (SSSR count). The Labute approximate surface area is 127 Å². The minimum Gasteiger partial charge on any atom is -0.491 e. The monoisotopic (exact) mass is 313 g/mol. The third-order valence-electron chi connectivity index (χ3n) is 2.75. The van der Waals surface area contributed by atoms with Gasteiger partial charge in [-0.25, -0.2) is 4.39 Å². The van der Waals surface area contributed by atoms with E-state index in [1.54, 1.807) is 18.2 Å². The van der Waals surface area contributed by atoms with Crippen molar-refractivity contribution in [1.29, 1.82) is 0 Å². The third-order valence-corrected chi connectivity index (χ3v) is 3.27. The van der Waals surface area contributed by atoms with Crippen LogP contribution in [0.2, 0.25) is 10.0 Å². The van der Waals surface area contributed by atoms with Crippen LogP contribution in [0.4, 0.5) is 10.1 Å². The zero-order valence-corrected chi connectivity index (χ0v) is 12.4. The molecule has 0 fully saturated rings. The summed E-state index contributed by atoms with van der Waals surface area (Å²) in [5.74, 6) is 0.374. The van der Waals surface area contributed by atoms with Crippen LogP contribution in [0.3, 0.4) is 0 Å². The Bertz CT molecular complexity index is 604. The molecular formula is C15H14Cl2FNO. The number of hydrogen-bond acceptors (Lipinski definition) is 2. The van der Waals surface area contributed by atoms with Gasteiger partial charge >= 0.3 is 0 Å². The second kappa shape index (κ2) is 6.82. The number of hydrogen-bond donors (Lipinski definition) is 1. The fraction of sp³-hybridized carbons (Fsp3) is 0.200. The van der Waals surface area contributed by atoms with Crippen LogP contribution in [0.5, 0.6) is 5.75 Å². The molecule has 0 radical (unpaired) electrons. The topological polar surface area (TPSA) is 21.3 Å². The SMILES string of the molecule is Cc1cc(Cl)ccc1OCCNc1ccc(F)c(Cl)c1. The maximum Gasteiger partial charge on any atom is 0.141 e. The molecular weight excluding hydrogens is 300 g/mol. The van der Waals surface area contributed by atoms with E-state index in [0.29, 0.717) is 18.2 Å². The van der Waals surface area contributed by atoms with Crippen molar-refractivity contribution >= 4 is 28.9 Å². The van der Waals surface area contributed by atoms with Crippen LogP contribution >= 0.6 is 23.2 Å². The van der Waals surface area contributed by atoms with Gasteiger partial charge in [0.1, 0.15) is 18.2 Å². The summed E-state index contributed by atoms with van der Waals surface area (Å²) < 4.78 is 18.6. The lowest BCUT2D eigenvalue weighted by Gasteiger charge is -2.11. The molecule has 1 N–H and O–H groups in total. The van der Waals surface area contributed by atoms with E-state index in [1.165, 1.54) is 6.07 Å². The quantitative estimate of drug-likeness (QED) is 0.790. The molecule has 0 atom stereocenters. The molecule has 20 heavy (non-hydrogen) atoms. The van der Waals surface area contributed by atoms with E-state index in [1.807, 2.05) is 19.1 Å². The van der Waals surface area contributed by atoms with Crippen molar-refractivity contribution in [1.82, 2.24) is 0 Å². The minimum atomic E-state index is -0.426. The van der Waals surface area contributed by atoms with E-state index in [2.05, 4.69) is 5.32 Å². The van der Waals surface area contributed by atoms with E-state index in [9.17, 15) is 4.39 Å². The fourth-order valence-electron chi connectivity index (χ4n) is 1.74. The van der Waals surface area contributed by atoms with Crippen LogP contribution < -0.4 is 10.1 Å². The Morgan fingerprint density at radius 1 is 1.15 bits per heavy atom. The summed E-state index contributed by atoms with van der Waals surface area (Å²) in [4.78, 5) is 0. The first-order valence-corrected chi connectivity index (χ1v) is 6.90. The number of halogens is 3. The van der Waals surface area contributed by atoms with E-state index in [-0.39, 0.29) is 5.02 Å². The molecule has 0 aliphatic carbocycles. The maximum absolute atomic E-state index is 13.0. The van der Waals surface area contributed by atoms with Gasteiger partial charge in [-0.3, -0.25) is 0 Å². The first-order valence-electron chi connectivity index (χ1n) is 6.14. The highest BCUT2D eigenvalue weighted by molar-refractivity contribution is 6.31. The molecule has 0 amide bonds. The Hall–Kier alpha value is -1.45. The first-order chi connectivity index (χ1) is 9.56. The van der Waals surface area contributed by atoms with Crippen molar-refractivity contribution in [2.75, 3.05) is 18.5 Å². The molecule has 2 aromatic rings. The van der Waals surface area contributed by atoms with Gasteiger partial charge in [-0.05, 0) is 48.9 Å². The van der Waals surface area contributed by atoms with Crippen LogP contribution in [0.1, 0.15) is 5.56 Å². The van der Waals surface area contributed by atoms with E-state index in [4.69, 9.17) is 27.9 Å². The van der Waals surface area contributed by atoms with Gasteiger partial charge in [-0.15, -0.1) is 0 Å². The average molecular weight is 314 g/mol. The molecule has 0 saturated heterocycles. The van der Waals surface area contributed by atoms with Gasteiger partial charge < -0.3 is 10.1 Å². The molecule has 2 nitrogen and oxygen atoms in total. The highest BCUT2D eigenvalue weighted by atomic mass is 35.5. The van der Waals surface area contributed by atoms with Gasteiger partial charge in [0.15, 0.2) is 0 Å². The molecule has 0 bridgehead atoms. The van der Waals surface area contributed by atoms with Crippen molar-refractivity contribution in [2.45, 2.75) is 6.92 Å². The lowest BCUT2D eigenvalue weighted by Crippen LogP contribution is -2.12. The fourth-order valence-corrected chi connectivity index (χ4v) is 2.14. The number of anilines is 1. The van der Waals surface area contributed by atoms with Crippen LogP contribution in [0, 0.1) is 12.7 Å². The standard InChI is InChI=1S/C15H14Cl2FNO/c1-10-8-11(16)2-5-15(10)20-7-6-19-12-3-4-14(18)13(17)9-12/h2-5,8-9,19H,6-7H2,1H3. The van der Waals surface area contributed by atoms with E-state index >= 15 is 0 Å². The molecule has 0 spiro atoms. The summed E-state index contributed by atoms with van der Waals surface area (Å²) in [6.07, 6.45) is 0. The molecule has 2 aromatic carbocycles. The summed E-state index contributed by atoms with van der Waals surface area (Å²) in [5, 5.41) is 3.90. The molecule has 0 saturated carbocycles. The molecule has 5 heteroatoms. The summed E-state index contributed by atoms with van der Waals surface area (Å²) in [6, 6.07) is 9.99. The Kier molecular flexibility index (Phi) is 5.10. The minimum absolute atomic E-state index is 0.101. The van der Waals surface area contributed by atoms with Crippen LogP contribution in [0.25, 0.3) is 0 Å². The second-order valence-corrected chi connectivity index (χ2v) is 5.16. The van der Waals surface area contributed by atoms with Crippen molar-refractivity contribution in [3.8, 4) is 5.75 Å². The summed E-state index contributed by atoms with van der Waals surface area (Å²) in [7, 11) is 0. The number of benzene rings is 2. The van der Waals surface area contributed by atoms with Crippen LogP contribution in [0.15, 0.2) is 36.4 Å². The Balaban J connectivity index is 1.82. The number of nitrogens with one attached hydrogen (secondary N) is 1. The van der Waals surface area contributed by atoms with Gasteiger partial charge in [0.05, 0.1) is 5.02 Å². The van der Waals surface area contributed by atoms with E-state index in [0.717, 1.165) is 17.0 Å². The van der Waals surface area contributed by atoms with Gasteiger partial charge in [-0.1, -0.05) is 23.2 Å². The Morgan fingerprint density at radius 2 is 1.95 bits per heavy atom. The number of aryl methyl sites for hydroxylation is 1. The molecule has 106 valence electrons. The van der Waals surface area contributed by atoms with Gasteiger partial charge in [0, 0.05) is 17.3 Å². The maximum atomic E-state index is 13.0. The van der Waals surface area contributed by atoms with Crippen molar-refractivity contribution < 1.29 is 9.13 Å². The van der Waals surface area contributed by atoms with Gasteiger partial charge in [-0.2, -0.15) is 0 Å². The summed E-state index contributed by atoms with van der Waals surface area (Å²) in [6.45, 7) is 3.01. The predicted molar refractivity (Wildman–Crippen MR) is 81.6 cm³/mol. The zero-order chi connectivity index (χ0) is 14.5. The highest BCUT2D eigenvalue weighted by Crippen LogP contribution is 2.22. The van der Waals surface area contributed by atoms with Crippen molar-refractivity contribution in [3.63, 3.8) is 0 Å². The van der Waals surface area contributed by atoms with Gasteiger partial charge in [0.25, 0.3) is 0 Å². The third kappa shape index (κ3) is 4.02. The highest BCUT2D eigenvalue weighted by Gasteiger charge is 2.02. The molecule has 0 aliphatic rings. The van der Waals surface area contributed by atoms with E-state index < -0.39 is 5.82 Å². The normalized spacial score (nSPS) is 10.4. The largest absolute Gasteiger partial charge is 0.491 e. The molecule has 0 aromatic heterocycles. The Morgan fingerprint density at radius 3 is 2.65 bits per heavy atom. The summed E-state index contributed by atoms with van der Waals surface area (Å²) in [5.41, 5.74) is 1.75. The predicted octanol–water partition coefficient (Wildman–Crippen LogP) is 4.93. The lowest BCUT2D eigenvalue weighted by molar-refractivity contribution is 0.330. The first kappa shape index (κ1) is 14.9. The number of rotatable bonds is 5. The van der Waals surface area contributed by atoms with Crippen LogP contribution in [-0.2, 0) is 0 Å². The number of ether oxygens (including phenoxy) is 1. The summed E-state index contributed by atoms with van der Waals surface area (Å²) >= 11 is 11.6. The molecule has 0 unspecified atom stereocenters. The average Bonchev–Trinajstić information content (AvgIpc) is 2.40. The van der Waals surface area contributed by atoms with Crippen LogP contribution in [-0.4, -0.2) is 13.2 Å². The second-order valence-electron chi connectivity index (χ2n) is 4.31. The zero-order valence-electron chi connectivity index (χ0n) is 10.9. The van der Waals surface area contributed by atoms with Crippen molar-refractivity contribution in [2.24, 2.45) is 0 Å². The van der Waals surface area contributed by atoms with Crippen molar-refractivity contribution in [3.05, 3.63) is 57.8 Å². The smallest absolute Gasteiger partial charge is 0.141 e.